The maximum absolute atomic E-state index is 13.8. The van der Waals surface area contributed by atoms with Gasteiger partial charge in [-0.2, -0.15) is 0 Å². The Morgan fingerprint density at radius 1 is 1.67 bits per heavy atom. The average Bonchev–Trinajstić information content (AvgIpc) is 2.26. The summed E-state index contributed by atoms with van der Waals surface area (Å²) in [6.45, 7) is 3.54. The number of carbonyl (C=O) groups is 2. The molecule has 0 aromatic rings. The molecule has 0 aromatic heterocycles. The summed E-state index contributed by atoms with van der Waals surface area (Å²) in [6.07, 6.45) is 2.83. The van der Waals surface area contributed by atoms with Crippen LogP contribution in [-0.4, -0.2) is 53.7 Å². The fourth-order valence-electron chi connectivity index (χ4n) is 2.37. The van der Waals surface area contributed by atoms with Crippen LogP contribution in [0.5, 0.6) is 0 Å². The second-order valence-electron chi connectivity index (χ2n) is 5.11. The predicted molar refractivity (Wildman–Crippen MR) is 65.0 cm³/mol. The number of halogens is 1. The van der Waals surface area contributed by atoms with Crippen molar-refractivity contribution >= 4 is 12.4 Å². The van der Waals surface area contributed by atoms with Gasteiger partial charge in [-0.15, -0.1) is 0 Å². The number of likely N-dealkylation sites (tertiary alicyclic amines) is 1. The topological polar surface area (TPSA) is 69.6 Å². The number of carboxylic acids is 1. The second kappa shape index (κ2) is 6.68. The van der Waals surface area contributed by atoms with Gasteiger partial charge in [0.05, 0.1) is 0 Å². The van der Waals surface area contributed by atoms with E-state index in [1.165, 1.54) is 0 Å². The first-order chi connectivity index (χ1) is 8.44. The molecule has 0 radical (unpaired) electrons. The van der Waals surface area contributed by atoms with E-state index in [1.807, 2.05) is 4.90 Å². The van der Waals surface area contributed by atoms with Crippen molar-refractivity contribution in [3.05, 3.63) is 0 Å². The maximum Gasteiger partial charge on any atom is 0.326 e. The molecule has 2 atom stereocenters. The molecule has 1 rings (SSSR count). The van der Waals surface area contributed by atoms with E-state index in [2.05, 4.69) is 5.32 Å². The van der Waals surface area contributed by atoms with Crippen LogP contribution >= 0.6 is 0 Å². The highest BCUT2D eigenvalue weighted by molar-refractivity contribution is 5.76. The van der Waals surface area contributed by atoms with Gasteiger partial charge in [0.25, 0.3) is 0 Å². The molecule has 1 fully saturated rings. The first-order valence-corrected chi connectivity index (χ1v) is 6.28. The molecule has 1 amide bonds. The Kier molecular flexibility index (Phi) is 5.53. The Balaban J connectivity index is 2.27. The monoisotopic (exact) mass is 260 g/mol. The molecule has 104 valence electrons. The summed E-state index contributed by atoms with van der Waals surface area (Å²) >= 11 is 0. The van der Waals surface area contributed by atoms with Gasteiger partial charge < -0.3 is 15.3 Å². The molecule has 6 heteroatoms. The molecular weight excluding hydrogens is 239 g/mol. The first-order valence-electron chi connectivity index (χ1n) is 6.28. The van der Waals surface area contributed by atoms with Crippen LogP contribution in [0.3, 0.4) is 0 Å². The molecule has 0 bridgehead atoms. The summed E-state index contributed by atoms with van der Waals surface area (Å²) in [7, 11) is 0. The van der Waals surface area contributed by atoms with Crippen molar-refractivity contribution in [3.8, 4) is 0 Å². The minimum atomic E-state index is -1.13. The third-order valence-corrected chi connectivity index (χ3v) is 3.26. The molecule has 1 heterocycles. The van der Waals surface area contributed by atoms with Crippen LogP contribution in [0.1, 0.15) is 32.6 Å². The fourth-order valence-corrected chi connectivity index (χ4v) is 2.37. The number of hydrogen-bond donors (Lipinski definition) is 2. The lowest BCUT2D eigenvalue weighted by Crippen LogP contribution is -2.44. The zero-order chi connectivity index (χ0) is 13.6. The van der Waals surface area contributed by atoms with E-state index >= 15 is 0 Å². The predicted octanol–water partition coefficient (Wildman–Crippen LogP) is 0.790. The number of carbonyl (C=O) groups excluding carboxylic acids is 1. The van der Waals surface area contributed by atoms with Crippen LogP contribution < -0.4 is 5.32 Å². The highest BCUT2D eigenvalue weighted by Gasteiger charge is 2.30. The summed E-state index contributed by atoms with van der Waals surface area (Å²) < 4.78 is 13.8. The Hall–Kier alpha value is -1.17. The van der Waals surface area contributed by atoms with E-state index in [1.54, 1.807) is 6.92 Å². The van der Waals surface area contributed by atoms with Gasteiger partial charge >= 0.3 is 5.97 Å². The Morgan fingerprint density at radius 2 is 2.39 bits per heavy atom. The average molecular weight is 260 g/mol. The number of nitrogens with zero attached hydrogens (tertiary/aromatic N) is 1. The van der Waals surface area contributed by atoms with E-state index < -0.39 is 17.7 Å². The van der Waals surface area contributed by atoms with Gasteiger partial charge in [-0.05, 0) is 45.7 Å². The number of rotatable bonds is 7. The number of alkyl halides is 1. The van der Waals surface area contributed by atoms with Crippen molar-refractivity contribution in [1.82, 2.24) is 10.2 Å². The molecule has 1 aliphatic heterocycles. The Morgan fingerprint density at radius 3 is 2.94 bits per heavy atom. The highest BCUT2D eigenvalue weighted by Crippen LogP contribution is 2.24. The minimum Gasteiger partial charge on any atom is -0.480 e. The minimum absolute atomic E-state index is 0.369. The molecule has 2 N–H and O–H groups in total. The molecule has 1 saturated heterocycles. The molecular formula is C12H21FN2O3. The SMILES string of the molecule is CC1(F)CCCN(CCCC(NC=O)C(=O)O)C1. The molecule has 0 spiro atoms. The summed E-state index contributed by atoms with van der Waals surface area (Å²) in [4.78, 5) is 23.0. The molecule has 0 saturated carbocycles. The third-order valence-electron chi connectivity index (χ3n) is 3.26. The number of carboxylic acid groups (broad SMARTS) is 1. The summed E-state index contributed by atoms with van der Waals surface area (Å²) in [6, 6.07) is -0.843. The van der Waals surface area contributed by atoms with Crippen LogP contribution in [0.15, 0.2) is 0 Å². The molecule has 1 aliphatic rings. The third kappa shape index (κ3) is 5.00. The van der Waals surface area contributed by atoms with Crippen LogP contribution in [0, 0.1) is 0 Å². The summed E-state index contributed by atoms with van der Waals surface area (Å²) in [5.74, 6) is -1.03. The number of aliphatic carboxylic acids is 1. The highest BCUT2D eigenvalue weighted by atomic mass is 19.1. The number of piperidine rings is 1. The smallest absolute Gasteiger partial charge is 0.326 e. The lowest BCUT2D eigenvalue weighted by atomic mass is 9.96. The second-order valence-corrected chi connectivity index (χ2v) is 5.11. The van der Waals surface area contributed by atoms with E-state index in [9.17, 15) is 14.0 Å². The Bertz CT molecular complexity index is 297. The lowest BCUT2D eigenvalue weighted by Gasteiger charge is -2.35. The summed E-state index contributed by atoms with van der Waals surface area (Å²) in [5.41, 5.74) is -1.13. The van der Waals surface area contributed by atoms with Gasteiger partial charge in [-0.25, -0.2) is 9.18 Å². The van der Waals surface area contributed by atoms with Crippen LogP contribution in [0.4, 0.5) is 4.39 Å². The quantitative estimate of drug-likeness (QED) is 0.664. The van der Waals surface area contributed by atoms with Crippen molar-refractivity contribution in [1.29, 1.82) is 0 Å². The summed E-state index contributed by atoms with van der Waals surface area (Å²) in [5, 5.41) is 11.1. The van der Waals surface area contributed by atoms with Gasteiger partial charge in [0, 0.05) is 6.54 Å². The standard InChI is InChI=1S/C12H21FN2O3/c1-12(13)5-3-7-15(8-12)6-2-4-10(11(17)18)14-9-16/h9-10H,2-8H2,1H3,(H,14,16)(H,17,18). The molecule has 0 aliphatic carbocycles. The molecule has 5 nitrogen and oxygen atoms in total. The number of nitrogens with one attached hydrogen (secondary N) is 1. The molecule has 0 aromatic carbocycles. The van der Waals surface area contributed by atoms with Crippen LogP contribution in [-0.2, 0) is 9.59 Å². The van der Waals surface area contributed by atoms with Gasteiger partial charge in [0.1, 0.15) is 11.7 Å². The molecule has 2 unspecified atom stereocenters. The van der Waals surface area contributed by atoms with E-state index in [-0.39, 0.29) is 0 Å². The van der Waals surface area contributed by atoms with Crippen molar-refractivity contribution in [2.24, 2.45) is 0 Å². The zero-order valence-corrected chi connectivity index (χ0v) is 10.7. The van der Waals surface area contributed by atoms with Gasteiger partial charge in [-0.3, -0.25) is 4.79 Å². The molecule has 18 heavy (non-hydrogen) atoms. The van der Waals surface area contributed by atoms with Crippen LogP contribution in [0.25, 0.3) is 0 Å². The maximum atomic E-state index is 13.8. The van der Waals surface area contributed by atoms with E-state index in [0.717, 1.165) is 13.0 Å². The van der Waals surface area contributed by atoms with Crippen molar-refractivity contribution < 1.29 is 19.1 Å². The zero-order valence-electron chi connectivity index (χ0n) is 10.7. The van der Waals surface area contributed by atoms with E-state index in [0.29, 0.717) is 38.8 Å². The van der Waals surface area contributed by atoms with Crippen molar-refractivity contribution in [2.45, 2.75) is 44.3 Å². The number of hydrogen-bond acceptors (Lipinski definition) is 3. The lowest BCUT2D eigenvalue weighted by molar-refractivity contribution is -0.140. The van der Waals surface area contributed by atoms with E-state index in [4.69, 9.17) is 5.11 Å². The van der Waals surface area contributed by atoms with Crippen LogP contribution in [0.2, 0.25) is 0 Å². The largest absolute Gasteiger partial charge is 0.480 e. The normalized spacial score (nSPS) is 26.6. The first kappa shape index (κ1) is 14.9. The number of amides is 1. The van der Waals surface area contributed by atoms with Gasteiger partial charge in [0.15, 0.2) is 0 Å². The Labute approximate surface area is 106 Å². The van der Waals surface area contributed by atoms with Crippen molar-refractivity contribution in [3.63, 3.8) is 0 Å². The van der Waals surface area contributed by atoms with Gasteiger partial charge in [-0.1, -0.05) is 0 Å². The van der Waals surface area contributed by atoms with Crippen molar-refractivity contribution in [2.75, 3.05) is 19.6 Å². The van der Waals surface area contributed by atoms with Gasteiger partial charge in [0.2, 0.25) is 6.41 Å². The fraction of sp³-hybridized carbons (Fsp3) is 0.833.